The van der Waals surface area contributed by atoms with Gasteiger partial charge in [-0.3, -0.25) is 10.1 Å². The van der Waals surface area contributed by atoms with Crippen molar-refractivity contribution in [1.82, 2.24) is 0 Å². The minimum absolute atomic E-state index is 0.0244. The van der Waals surface area contributed by atoms with Gasteiger partial charge in [0.2, 0.25) is 0 Å². The molecule has 6 heteroatoms. The van der Waals surface area contributed by atoms with E-state index in [9.17, 15) is 18.5 Å². The van der Waals surface area contributed by atoms with E-state index in [0.717, 1.165) is 5.56 Å². The van der Waals surface area contributed by atoms with Gasteiger partial charge in [-0.1, -0.05) is 42.5 Å². The maximum atomic E-state index is 11.9. The first kappa shape index (κ1) is 14.2. The summed E-state index contributed by atoms with van der Waals surface area (Å²) in [4.78, 5) is 10.2. The average Bonchev–Trinajstić information content (AvgIpc) is 2.63. The van der Waals surface area contributed by atoms with E-state index in [0.29, 0.717) is 0 Å². The van der Waals surface area contributed by atoms with Crippen LogP contribution < -0.4 is 0 Å². The standard InChI is InChI=1S/C14H13NO4S/c1-11-13(15(16)17)10-20(18,19)14(11)9-5-8-12-6-3-2-4-7-12/h2-9H,10H2,1H3/b8-5+,14-9-. The largest absolute Gasteiger partial charge is 0.265 e. The molecule has 0 atom stereocenters. The third kappa shape index (κ3) is 2.85. The molecule has 0 bridgehead atoms. The fourth-order valence-corrected chi connectivity index (χ4v) is 3.68. The van der Waals surface area contributed by atoms with Crippen LogP contribution in [0.25, 0.3) is 6.08 Å². The van der Waals surface area contributed by atoms with Gasteiger partial charge in [-0.2, -0.15) is 0 Å². The Bertz CT molecular complexity index is 728. The molecule has 0 aliphatic carbocycles. The maximum absolute atomic E-state index is 11.9. The van der Waals surface area contributed by atoms with Crippen LogP contribution in [0.4, 0.5) is 0 Å². The van der Waals surface area contributed by atoms with Gasteiger partial charge in [-0.25, -0.2) is 8.42 Å². The molecule has 1 aliphatic rings. The number of nitrogens with zero attached hydrogens (tertiary/aromatic N) is 1. The molecule has 0 aromatic heterocycles. The van der Waals surface area contributed by atoms with Gasteiger partial charge in [-0.05, 0) is 18.6 Å². The number of rotatable bonds is 3. The number of allylic oxidation sites excluding steroid dienone is 3. The van der Waals surface area contributed by atoms with Crippen LogP contribution in [0.15, 0.2) is 58.7 Å². The summed E-state index contributed by atoms with van der Waals surface area (Å²) in [5, 5.41) is 10.8. The molecule has 1 heterocycles. The fourth-order valence-electron chi connectivity index (χ4n) is 1.97. The van der Waals surface area contributed by atoms with E-state index in [2.05, 4.69) is 0 Å². The molecule has 0 N–H and O–H groups in total. The molecule has 0 unspecified atom stereocenters. The van der Waals surface area contributed by atoms with Crippen molar-refractivity contribution in [2.24, 2.45) is 0 Å². The van der Waals surface area contributed by atoms with Crippen LogP contribution in [-0.2, 0) is 9.84 Å². The molecule has 20 heavy (non-hydrogen) atoms. The summed E-state index contributed by atoms with van der Waals surface area (Å²) >= 11 is 0. The Balaban J connectivity index is 2.34. The summed E-state index contributed by atoms with van der Waals surface area (Å²) in [5.74, 6) is -0.531. The minimum Gasteiger partial charge on any atom is -0.259 e. The molecular weight excluding hydrogens is 278 g/mol. The van der Waals surface area contributed by atoms with Crippen molar-refractivity contribution in [3.05, 3.63) is 74.3 Å². The summed E-state index contributed by atoms with van der Waals surface area (Å²) in [6.45, 7) is 1.46. The highest BCUT2D eigenvalue weighted by molar-refractivity contribution is 7.96. The lowest BCUT2D eigenvalue weighted by atomic mass is 10.2. The van der Waals surface area contributed by atoms with Crippen LogP contribution in [0.1, 0.15) is 12.5 Å². The highest BCUT2D eigenvalue weighted by Gasteiger charge is 2.37. The minimum atomic E-state index is -3.59. The number of benzene rings is 1. The Morgan fingerprint density at radius 1 is 1.25 bits per heavy atom. The normalized spacial score (nSPS) is 19.9. The number of nitro groups is 1. The quantitative estimate of drug-likeness (QED) is 0.633. The zero-order chi connectivity index (χ0) is 14.8. The van der Waals surface area contributed by atoms with Gasteiger partial charge in [0.15, 0.2) is 9.84 Å². The van der Waals surface area contributed by atoms with Gasteiger partial charge in [-0.15, -0.1) is 0 Å². The lowest BCUT2D eigenvalue weighted by Gasteiger charge is -1.96. The topological polar surface area (TPSA) is 77.3 Å². The van der Waals surface area contributed by atoms with E-state index >= 15 is 0 Å². The van der Waals surface area contributed by atoms with Crippen molar-refractivity contribution in [2.75, 3.05) is 5.75 Å². The predicted octanol–water partition coefficient (Wildman–Crippen LogP) is 2.56. The second-order valence-electron chi connectivity index (χ2n) is 4.39. The Morgan fingerprint density at radius 2 is 1.90 bits per heavy atom. The Labute approximate surface area is 117 Å². The zero-order valence-electron chi connectivity index (χ0n) is 10.8. The van der Waals surface area contributed by atoms with Gasteiger partial charge in [0.25, 0.3) is 5.70 Å². The third-order valence-corrected chi connectivity index (χ3v) is 4.79. The molecule has 1 aromatic rings. The lowest BCUT2D eigenvalue weighted by molar-refractivity contribution is -0.424. The molecule has 0 spiro atoms. The first-order valence-corrected chi connectivity index (χ1v) is 7.58. The van der Waals surface area contributed by atoms with Crippen LogP contribution in [0.5, 0.6) is 0 Å². The summed E-state index contributed by atoms with van der Waals surface area (Å²) in [6, 6.07) is 9.38. The zero-order valence-corrected chi connectivity index (χ0v) is 11.6. The molecule has 0 saturated heterocycles. The molecule has 1 aliphatic heterocycles. The van der Waals surface area contributed by atoms with Crippen LogP contribution in [-0.4, -0.2) is 19.1 Å². The molecule has 0 saturated carbocycles. The van der Waals surface area contributed by atoms with Crippen molar-refractivity contribution in [1.29, 1.82) is 0 Å². The van der Waals surface area contributed by atoms with E-state index in [4.69, 9.17) is 0 Å². The summed E-state index contributed by atoms with van der Waals surface area (Å²) < 4.78 is 23.8. The first-order chi connectivity index (χ1) is 9.42. The molecule has 1 aromatic carbocycles. The average molecular weight is 291 g/mol. The Kier molecular flexibility index (Phi) is 3.85. The summed E-state index contributed by atoms with van der Waals surface area (Å²) in [7, 11) is -3.59. The Hall–Kier alpha value is -2.21. The smallest absolute Gasteiger partial charge is 0.259 e. The highest BCUT2D eigenvalue weighted by atomic mass is 32.2. The summed E-state index contributed by atoms with van der Waals surface area (Å²) in [5.41, 5.74) is 0.896. The summed E-state index contributed by atoms with van der Waals surface area (Å²) in [6.07, 6.45) is 4.75. The molecule has 0 radical (unpaired) electrons. The SMILES string of the molecule is CC1=C([N+](=O)[O-])CS(=O)(=O)/C1=C\C=C\c1ccccc1. The molecule has 2 rings (SSSR count). The van der Waals surface area contributed by atoms with Crippen molar-refractivity contribution >= 4 is 15.9 Å². The maximum Gasteiger partial charge on any atom is 0.265 e. The molecule has 0 amide bonds. The van der Waals surface area contributed by atoms with E-state index < -0.39 is 20.5 Å². The van der Waals surface area contributed by atoms with Gasteiger partial charge < -0.3 is 0 Å². The van der Waals surface area contributed by atoms with Gasteiger partial charge in [0.05, 0.1) is 9.83 Å². The molecule has 0 fully saturated rings. The molecule has 5 nitrogen and oxygen atoms in total. The van der Waals surface area contributed by atoms with Crippen molar-refractivity contribution < 1.29 is 13.3 Å². The van der Waals surface area contributed by atoms with Crippen molar-refractivity contribution in [3.8, 4) is 0 Å². The van der Waals surface area contributed by atoms with Crippen molar-refractivity contribution in [3.63, 3.8) is 0 Å². The number of sulfone groups is 1. The second kappa shape index (κ2) is 5.42. The van der Waals surface area contributed by atoms with E-state index in [1.54, 1.807) is 12.2 Å². The monoisotopic (exact) mass is 291 g/mol. The van der Waals surface area contributed by atoms with E-state index in [-0.39, 0.29) is 16.2 Å². The van der Waals surface area contributed by atoms with Crippen LogP contribution >= 0.6 is 0 Å². The second-order valence-corrected chi connectivity index (χ2v) is 6.35. The van der Waals surface area contributed by atoms with Gasteiger partial charge >= 0.3 is 0 Å². The predicted molar refractivity (Wildman–Crippen MR) is 77.0 cm³/mol. The lowest BCUT2D eigenvalue weighted by Crippen LogP contribution is -2.06. The Morgan fingerprint density at radius 3 is 2.45 bits per heavy atom. The van der Waals surface area contributed by atoms with E-state index in [1.807, 2.05) is 30.3 Å². The van der Waals surface area contributed by atoms with Gasteiger partial charge in [0, 0.05) is 5.57 Å². The van der Waals surface area contributed by atoms with E-state index in [1.165, 1.54) is 13.0 Å². The van der Waals surface area contributed by atoms with Crippen LogP contribution in [0.3, 0.4) is 0 Å². The van der Waals surface area contributed by atoms with Gasteiger partial charge in [0.1, 0.15) is 5.75 Å². The molecular formula is C14H13NO4S. The first-order valence-electron chi connectivity index (χ1n) is 5.92. The molecule has 104 valence electrons. The number of hydrogen-bond acceptors (Lipinski definition) is 4. The fraction of sp³-hybridized carbons (Fsp3) is 0.143. The third-order valence-electron chi connectivity index (χ3n) is 3.02. The number of hydrogen-bond donors (Lipinski definition) is 0. The highest BCUT2D eigenvalue weighted by Crippen LogP contribution is 2.30. The van der Waals surface area contributed by atoms with Crippen LogP contribution in [0.2, 0.25) is 0 Å². The van der Waals surface area contributed by atoms with Crippen LogP contribution in [0, 0.1) is 10.1 Å². The van der Waals surface area contributed by atoms with Crippen molar-refractivity contribution in [2.45, 2.75) is 6.92 Å².